The third-order valence-electron chi connectivity index (χ3n) is 1.70. The number of rotatable bonds is 7. The Bertz CT molecular complexity index is 332. The average molecular weight is 280 g/mol. The maximum Gasteiger partial charge on any atom is 0.227 e. The van der Waals surface area contributed by atoms with Gasteiger partial charge in [-0.3, -0.25) is 4.79 Å². The third-order valence-corrected chi connectivity index (χ3v) is 3.95. The second-order valence-corrected chi connectivity index (χ2v) is 5.76. The molecule has 0 aliphatic rings. The van der Waals surface area contributed by atoms with Crippen molar-refractivity contribution in [1.29, 1.82) is 0 Å². The van der Waals surface area contributed by atoms with Gasteiger partial charge in [0.2, 0.25) is 11.0 Å². The zero-order valence-corrected chi connectivity index (χ0v) is 11.4. The highest BCUT2D eigenvalue weighted by atomic mass is 35.5. The first kappa shape index (κ1) is 13.7. The third kappa shape index (κ3) is 5.14. The minimum atomic E-state index is -0.115. The second kappa shape index (κ2) is 7.86. The van der Waals surface area contributed by atoms with E-state index in [1.54, 1.807) is 11.8 Å². The SMILES string of the molecule is CCCCSc1nnc(NC(=O)CCCl)s1. The Balaban J connectivity index is 2.36. The first-order valence-corrected chi connectivity index (χ1v) is 7.42. The number of carbonyl (C=O) groups excluding carboxylic acids is 1. The number of hydrogen-bond donors (Lipinski definition) is 1. The quantitative estimate of drug-likeness (QED) is 0.361. The number of nitrogens with zero attached hydrogens (tertiary/aromatic N) is 2. The average Bonchev–Trinajstić information content (AvgIpc) is 2.66. The number of anilines is 1. The van der Waals surface area contributed by atoms with E-state index in [2.05, 4.69) is 22.4 Å². The van der Waals surface area contributed by atoms with E-state index in [9.17, 15) is 4.79 Å². The molecule has 90 valence electrons. The van der Waals surface area contributed by atoms with Crippen molar-refractivity contribution in [3.05, 3.63) is 0 Å². The Kier molecular flexibility index (Phi) is 6.75. The Morgan fingerprint density at radius 1 is 1.56 bits per heavy atom. The molecule has 0 bridgehead atoms. The molecule has 1 heterocycles. The number of unbranched alkanes of at least 4 members (excludes halogenated alkanes) is 1. The predicted octanol–water partition coefficient (Wildman–Crippen LogP) is 3.00. The molecule has 0 aliphatic heterocycles. The molecular formula is C9H14ClN3OS2. The van der Waals surface area contributed by atoms with E-state index >= 15 is 0 Å². The summed E-state index contributed by atoms with van der Waals surface area (Å²) in [6.07, 6.45) is 2.64. The second-order valence-electron chi connectivity index (χ2n) is 3.06. The van der Waals surface area contributed by atoms with Crippen molar-refractivity contribution in [3.63, 3.8) is 0 Å². The lowest BCUT2D eigenvalue weighted by Crippen LogP contribution is -2.11. The molecule has 0 atom stereocenters. The van der Waals surface area contributed by atoms with Gasteiger partial charge in [-0.1, -0.05) is 36.4 Å². The lowest BCUT2D eigenvalue weighted by atomic mass is 10.4. The zero-order valence-electron chi connectivity index (χ0n) is 9.03. The van der Waals surface area contributed by atoms with Crippen LogP contribution in [0.1, 0.15) is 26.2 Å². The molecule has 0 saturated carbocycles. The standard InChI is InChI=1S/C9H14ClN3OS2/c1-2-3-6-15-9-13-12-8(16-9)11-7(14)4-5-10/h2-6H2,1H3,(H,11,12,14). The van der Waals surface area contributed by atoms with E-state index in [1.165, 1.54) is 17.8 Å². The van der Waals surface area contributed by atoms with Crippen LogP contribution < -0.4 is 5.32 Å². The van der Waals surface area contributed by atoms with Crippen molar-refractivity contribution in [2.24, 2.45) is 0 Å². The predicted molar refractivity (Wildman–Crippen MR) is 69.5 cm³/mol. The highest BCUT2D eigenvalue weighted by Gasteiger charge is 2.07. The van der Waals surface area contributed by atoms with E-state index in [0.29, 0.717) is 17.4 Å². The fourth-order valence-electron chi connectivity index (χ4n) is 0.890. The van der Waals surface area contributed by atoms with Crippen LogP contribution in [-0.4, -0.2) is 27.7 Å². The highest BCUT2D eigenvalue weighted by Crippen LogP contribution is 2.26. The van der Waals surface area contributed by atoms with Crippen molar-refractivity contribution in [3.8, 4) is 0 Å². The molecule has 0 unspecified atom stereocenters. The molecule has 1 amide bonds. The number of halogens is 1. The Hall–Kier alpha value is -0.330. The molecule has 1 rings (SSSR count). The van der Waals surface area contributed by atoms with Crippen molar-refractivity contribution < 1.29 is 4.79 Å². The minimum absolute atomic E-state index is 0.115. The summed E-state index contributed by atoms with van der Waals surface area (Å²) >= 11 is 8.53. The lowest BCUT2D eigenvalue weighted by Gasteiger charge is -1.96. The van der Waals surface area contributed by atoms with E-state index in [-0.39, 0.29) is 5.91 Å². The smallest absolute Gasteiger partial charge is 0.227 e. The molecule has 7 heteroatoms. The van der Waals surface area contributed by atoms with Crippen LogP contribution in [0.5, 0.6) is 0 Å². The summed E-state index contributed by atoms with van der Waals surface area (Å²) in [6, 6.07) is 0. The molecule has 1 N–H and O–H groups in total. The number of hydrogen-bond acceptors (Lipinski definition) is 5. The maximum absolute atomic E-state index is 11.2. The van der Waals surface area contributed by atoms with Crippen LogP contribution in [0.2, 0.25) is 0 Å². The Labute approximate surface area is 108 Å². The molecule has 1 aromatic rings. The van der Waals surface area contributed by atoms with Crippen molar-refractivity contribution in [1.82, 2.24) is 10.2 Å². The van der Waals surface area contributed by atoms with Gasteiger partial charge in [-0.2, -0.15) is 0 Å². The summed E-state index contributed by atoms with van der Waals surface area (Å²) in [4.78, 5) is 11.2. The monoisotopic (exact) mass is 279 g/mol. The van der Waals surface area contributed by atoms with E-state index in [0.717, 1.165) is 16.5 Å². The number of carbonyl (C=O) groups is 1. The van der Waals surface area contributed by atoms with E-state index in [4.69, 9.17) is 11.6 Å². The van der Waals surface area contributed by atoms with Gasteiger partial charge in [-0.25, -0.2) is 0 Å². The molecule has 0 radical (unpaired) electrons. The van der Waals surface area contributed by atoms with Crippen molar-refractivity contribution in [2.75, 3.05) is 16.9 Å². The van der Waals surface area contributed by atoms with Gasteiger partial charge in [0.15, 0.2) is 4.34 Å². The normalized spacial score (nSPS) is 10.4. The summed E-state index contributed by atoms with van der Waals surface area (Å²) < 4.78 is 0.898. The van der Waals surface area contributed by atoms with Gasteiger partial charge < -0.3 is 5.32 Å². The largest absolute Gasteiger partial charge is 0.300 e. The summed E-state index contributed by atoms with van der Waals surface area (Å²) in [5.41, 5.74) is 0. The molecule has 0 aromatic carbocycles. The molecular weight excluding hydrogens is 266 g/mol. The number of alkyl halides is 1. The van der Waals surface area contributed by atoms with Crippen LogP contribution in [0.25, 0.3) is 0 Å². The molecule has 16 heavy (non-hydrogen) atoms. The van der Waals surface area contributed by atoms with Gasteiger partial charge in [0.05, 0.1) is 0 Å². The molecule has 4 nitrogen and oxygen atoms in total. The maximum atomic E-state index is 11.2. The lowest BCUT2D eigenvalue weighted by molar-refractivity contribution is -0.115. The summed E-state index contributed by atoms with van der Waals surface area (Å²) in [7, 11) is 0. The topological polar surface area (TPSA) is 54.9 Å². The van der Waals surface area contributed by atoms with Crippen LogP contribution in [0, 0.1) is 0 Å². The highest BCUT2D eigenvalue weighted by molar-refractivity contribution is 8.01. The summed E-state index contributed by atoms with van der Waals surface area (Å²) in [6.45, 7) is 2.15. The van der Waals surface area contributed by atoms with Gasteiger partial charge in [-0.05, 0) is 6.42 Å². The van der Waals surface area contributed by atoms with Gasteiger partial charge in [0, 0.05) is 18.1 Å². The molecule has 1 aromatic heterocycles. The van der Waals surface area contributed by atoms with Crippen LogP contribution in [0.4, 0.5) is 5.13 Å². The molecule has 0 saturated heterocycles. The van der Waals surface area contributed by atoms with Crippen LogP contribution >= 0.6 is 34.7 Å². The van der Waals surface area contributed by atoms with E-state index in [1.807, 2.05) is 0 Å². The van der Waals surface area contributed by atoms with Crippen molar-refractivity contribution >= 4 is 45.7 Å². The van der Waals surface area contributed by atoms with Gasteiger partial charge >= 0.3 is 0 Å². The number of nitrogens with one attached hydrogen (secondary N) is 1. The molecule has 0 spiro atoms. The fraction of sp³-hybridized carbons (Fsp3) is 0.667. The summed E-state index contributed by atoms with van der Waals surface area (Å²) in [5, 5.41) is 11.1. The van der Waals surface area contributed by atoms with Crippen LogP contribution in [0.15, 0.2) is 4.34 Å². The number of amides is 1. The Morgan fingerprint density at radius 3 is 3.06 bits per heavy atom. The fourth-order valence-corrected chi connectivity index (χ4v) is 2.98. The summed E-state index contributed by atoms with van der Waals surface area (Å²) in [5.74, 6) is 1.25. The Morgan fingerprint density at radius 2 is 2.38 bits per heavy atom. The van der Waals surface area contributed by atoms with Crippen LogP contribution in [-0.2, 0) is 4.79 Å². The molecule has 0 fully saturated rings. The zero-order chi connectivity index (χ0) is 11.8. The van der Waals surface area contributed by atoms with Gasteiger partial charge in [0.25, 0.3) is 0 Å². The van der Waals surface area contributed by atoms with E-state index < -0.39 is 0 Å². The van der Waals surface area contributed by atoms with Gasteiger partial charge in [0.1, 0.15) is 0 Å². The molecule has 0 aliphatic carbocycles. The minimum Gasteiger partial charge on any atom is -0.300 e. The number of aromatic nitrogens is 2. The number of thioether (sulfide) groups is 1. The van der Waals surface area contributed by atoms with Crippen molar-refractivity contribution in [2.45, 2.75) is 30.5 Å². The first-order valence-electron chi connectivity index (χ1n) is 5.08. The van der Waals surface area contributed by atoms with Gasteiger partial charge in [-0.15, -0.1) is 21.8 Å². The van der Waals surface area contributed by atoms with Crippen LogP contribution in [0.3, 0.4) is 0 Å². The first-order chi connectivity index (χ1) is 7.76.